The molecule has 1 aliphatic heterocycles. The Bertz CT molecular complexity index is 440. The van der Waals surface area contributed by atoms with Gasteiger partial charge in [-0.3, -0.25) is 9.69 Å². The number of aliphatic hydroxyl groups excluding tert-OH is 1. The van der Waals surface area contributed by atoms with Gasteiger partial charge in [0.15, 0.2) is 0 Å². The molecule has 5 heteroatoms. The minimum Gasteiger partial charge on any atom is -0.392 e. The molecule has 1 fully saturated rings. The molecule has 1 aromatic heterocycles. The van der Waals surface area contributed by atoms with Crippen molar-refractivity contribution in [1.82, 2.24) is 14.8 Å². The van der Waals surface area contributed by atoms with Crippen LogP contribution < -0.4 is 0 Å². The Balaban J connectivity index is 1.92. The van der Waals surface area contributed by atoms with E-state index >= 15 is 0 Å². The third kappa shape index (κ3) is 3.75. The van der Waals surface area contributed by atoms with Crippen molar-refractivity contribution in [3.05, 3.63) is 29.6 Å². The van der Waals surface area contributed by atoms with Crippen LogP contribution in [0.2, 0.25) is 0 Å². The summed E-state index contributed by atoms with van der Waals surface area (Å²) in [6, 6.07) is 5.51. The lowest BCUT2D eigenvalue weighted by Gasteiger charge is -2.35. The Labute approximate surface area is 113 Å². The maximum Gasteiger partial charge on any atom is 0.272 e. The van der Waals surface area contributed by atoms with Crippen LogP contribution in [0, 0.1) is 6.92 Å². The van der Waals surface area contributed by atoms with Crippen LogP contribution in [0.5, 0.6) is 0 Å². The number of amides is 1. The monoisotopic (exact) mass is 263 g/mol. The summed E-state index contributed by atoms with van der Waals surface area (Å²) in [5.41, 5.74) is 1.38. The van der Waals surface area contributed by atoms with Crippen LogP contribution >= 0.6 is 0 Å². The summed E-state index contributed by atoms with van der Waals surface area (Å²) in [6.45, 7) is 7.35. The number of piperazine rings is 1. The first-order valence-corrected chi connectivity index (χ1v) is 6.69. The fraction of sp³-hybridized carbons (Fsp3) is 0.571. The van der Waals surface area contributed by atoms with Gasteiger partial charge in [0.25, 0.3) is 5.91 Å². The fourth-order valence-corrected chi connectivity index (χ4v) is 2.33. The number of hydrogen-bond acceptors (Lipinski definition) is 4. The predicted molar refractivity (Wildman–Crippen MR) is 73.0 cm³/mol. The predicted octanol–water partition coefficient (Wildman–Crippen LogP) is 0.529. The summed E-state index contributed by atoms with van der Waals surface area (Å²) in [5, 5.41) is 9.36. The lowest BCUT2D eigenvalue weighted by atomic mass is 10.2. The molecule has 19 heavy (non-hydrogen) atoms. The summed E-state index contributed by atoms with van der Waals surface area (Å²) in [7, 11) is 0. The maximum atomic E-state index is 12.3. The number of aryl methyl sites for hydroxylation is 1. The second kappa shape index (κ2) is 6.12. The lowest BCUT2D eigenvalue weighted by molar-refractivity contribution is 0.0549. The summed E-state index contributed by atoms with van der Waals surface area (Å²) >= 11 is 0. The lowest BCUT2D eigenvalue weighted by Crippen LogP contribution is -2.50. The molecular weight excluding hydrogens is 242 g/mol. The molecule has 1 aromatic rings. The molecule has 1 N–H and O–H groups in total. The molecule has 0 aliphatic carbocycles. The molecule has 0 saturated carbocycles. The zero-order valence-corrected chi connectivity index (χ0v) is 11.5. The number of aromatic nitrogens is 1. The number of β-amino-alcohol motifs (C(OH)–C–C–N with tert-alkyl or cyclic N) is 1. The van der Waals surface area contributed by atoms with Gasteiger partial charge in [0.05, 0.1) is 6.10 Å². The highest BCUT2D eigenvalue weighted by Gasteiger charge is 2.23. The molecule has 0 aromatic carbocycles. The van der Waals surface area contributed by atoms with Crippen molar-refractivity contribution in [3.63, 3.8) is 0 Å². The van der Waals surface area contributed by atoms with E-state index in [4.69, 9.17) is 0 Å². The van der Waals surface area contributed by atoms with Gasteiger partial charge >= 0.3 is 0 Å². The number of rotatable bonds is 3. The van der Waals surface area contributed by atoms with E-state index in [1.54, 1.807) is 13.0 Å². The minimum atomic E-state index is -0.319. The van der Waals surface area contributed by atoms with Crippen LogP contribution in [0.3, 0.4) is 0 Å². The SMILES string of the molecule is Cc1cccc(C(=O)N2CCN(CC(C)O)CC2)n1. The second-order valence-electron chi connectivity index (χ2n) is 5.11. The number of aliphatic hydroxyl groups is 1. The third-order valence-electron chi connectivity index (χ3n) is 3.29. The van der Waals surface area contributed by atoms with Crippen molar-refractivity contribution in [3.8, 4) is 0 Å². The largest absolute Gasteiger partial charge is 0.392 e. The Morgan fingerprint density at radius 1 is 1.37 bits per heavy atom. The van der Waals surface area contributed by atoms with Crippen LogP contribution in [0.1, 0.15) is 23.1 Å². The average molecular weight is 263 g/mol. The van der Waals surface area contributed by atoms with Crippen molar-refractivity contribution in [2.24, 2.45) is 0 Å². The Morgan fingerprint density at radius 3 is 2.63 bits per heavy atom. The average Bonchev–Trinajstić information content (AvgIpc) is 2.38. The van der Waals surface area contributed by atoms with E-state index < -0.39 is 0 Å². The van der Waals surface area contributed by atoms with Gasteiger partial charge < -0.3 is 10.0 Å². The summed E-state index contributed by atoms with van der Waals surface area (Å²) in [6.07, 6.45) is -0.319. The molecule has 1 amide bonds. The molecule has 1 unspecified atom stereocenters. The maximum absolute atomic E-state index is 12.3. The van der Waals surface area contributed by atoms with Crippen LogP contribution in [0.25, 0.3) is 0 Å². The number of nitrogens with zero attached hydrogens (tertiary/aromatic N) is 3. The number of carbonyl (C=O) groups is 1. The Hall–Kier alpha value is -1.46. The highest BCUT2D eigenvalue weighted by atomic mass is 16.3. The van der Waals surface area contributed by atoms with Crippen molar-refractivity contribution < 1.29 is 9.90 Å². The first kappa shape index (κ1) is 14.0. The third-order valence-corrected chi connectivity index (χ3v) is 3.29. The molecule has 1 saturated heterocycles. The zero-order valence-electron chi connectivity index (χ0n) is 11.5. The molecule has 0 radical (unpaired) electrons. The smallest absolute Gasteiger partial charge is 0.272 e. The van der Waals surface area contributed by atoms with E-state index in [0.29, 0.717) is 25.3 Å². The summed E-state index contributed by atoms with van der Waals surface area (Å²) < 4.78 is 0. The highest BCUT2D eigenvalue weighted by molar-refractivity contribution is 5.92. The van der Waals surface area contributed by atoms with Crippen molar-refractivity contribution in [1.29, 1.82) is 0 Å². The van der Waals surface area contributed by atoms with Crippen molar-refractivity contribution in [2.45, 2.75) is 20.0 Å². The molecule has 0 spiro atoms. The van der Waals surface area contributed by atoms with Crippen molar-refractivity contribution in [2.75, 3.05) is 32.7 Å². The first-order valence-electron chi connectivity index (χ1n) is 6.69. The second-order valence-corrected chi connectivity index (χ2v) is 5.11. The normalized spacial score (nSPS) is 18.4. The van der Waals surface area contributed by atoms with Crippen molar-refractivity contribution >= 4 is 5.91 Å². The first-order chi connectivity index (χ1) is 9.06. The standard InChI is InChI=1S/C14H21N3O2/c1-11-4-3-5-13(15-11)14(19)17-8-6-16(7-9-17)10-12(2)18/h3-5,12,18H,6-10H2,1-2H3. The summed E-state index contributed by atoms with van der Waals surface area (Å²) in [5.74, 6) is 0.000368. The van der Waals surface area contributed by atoms with Gasteiger partial charge in [0.2, 0.25) is 0 Å². The zero-order chi connectivity index (χ0) is 13.8. The number of hydrogen-bond donors (Lipinski definition) is 1. The van der Waals surface area contributed by atoms with Crippen LogP contribution in [-0.4, -0.2) is 64.6 Å². The van der Waals surface area contributed by atoms with Gasteiger partial charge in [-0.25, -0.2) is 4.98 Å². The molecule has 2 heterocycles. The fourth-order valence-electron chi connectivity index (χ4n) is 2.33. The highest BCUT2D eigenvalue weighted by Crippen LogP contribution is 2.08. The molecule has 1 atom stereocenters. The van der Waals surface area contributed by atoms with Gasteiger partial charge in [0, 0.05) is 38.4 Å². The molecule has 104 valence electrons. The van der Waals surface area contributed by atoms with Crippen LogP contribution in [-0.2, 0) is 0 Å². The van der Waals surface area contributed by atoms with E-state index in [0.717, 1.165) is 18.8 Å². The number of carbonyl (C=O) groups excluding carboxylic acids is 1. The van der Waals surface area contributed by atoms with E-state index in [1.807, 2.05) is 24.0 Å². The van der Waals surface area contributed by atoms with Crippen LogP contribution in [0.4, 0.5) is 0 Å². The number of pyridine rings is 1. The molecule has 0 bridgehead atoms. The molecule has 2 rings (SSSR count). The van der Waals surface area contributed by atoms with E-state index in [9.17, 15) is 9.90 Å². The Morgan fingerprint density at radius 2 is 2.05 bits per heavy atom. The molecule has 1 aliphatic rings. The van der Waals surface area contributed by atoms with E-state index in [1.165, 1.54) is 0 Å². The van der Waals surface area contributed by atoms with Gasteiger partial charge in [-0.2, -0.15) is 0 Å². The molecular formula is C14H21N3O2. The minimum absolute atomic E-state index is 0.000368. The summed E-state index contributed by atoms with van der Waals surface area (Å²) in [4.78, 5) is 20.6. The van der Waals surface area contributed by atoms with Gasteiger partial charge in [-0.1, -0.05) is 6.07 Å². The quantitative estimate of drug-likeness (QED) is 0.864. The van der Waals surface area contributed by atoms with Gasteiger partial charge in [0.1, 0.15) is 5.69 Å². The Kier molecular flexibility index (Phi) is 4.50. The van der Waals surface area contributed by atoms with Crippen LogP contribution in [0.15, 0.2) is 18.2 Å². The van der Waals surface area contributed by atoms with Gasteiger partial charge in [-0.05, 0) is 26.0 Å². The van der Waals surface area contributed by atoms with Gasteiger partial charge in [-0.15, -0.1) is 0 Å². The molecule has 5 nitrogen and oxygen atoms in total. The van der Waals surface area contributed by atoms with E-state index in [-0.39, 0.29) is 12.0 Å². The van der Waals surface area contributed by atoms with E-state index in [2.05, 4.69) is 9.88 Å². The topological polar surface area (TPSA) is 56.7 Å².